The van der Waals surface area contributed by atoms with Gasteiger partial charge in [-0.25, -0.2) is 0 Å². The highest BCUT2D eigenvalue weighted by Gasteiger charge is 2.51. The highest BCUT2D eigenvalue weighted by atomic mass is 16.7. The van der Waals surface area contributed by atoms with Crippen LogP contribution in [0.3, 0.4) is 0 Å². The molecular formula is C17H24BNO3. The number of hydrogen-bond donors (Lipinski definition) is 1. The van der Waals surface area contributed by atoms with Gasteiger partial charge in [-0.3, -0.25) is 4.79 Å². The van der Waals surface area contributed by atoms with Gasteiger partial charge in [0.15, 0.2) is 0 Å². The van der Waals surface area contributed by atoms with Crippen molar-refractivity contribution in [3.8, 4) is 0 Å². The Morgan fingerprint density at radius 3 is 2.45 bits per heavy atom. The van der Waals surface area contributed by atoms with Crippen molar-refractivity contribution in [1.82, 2.24) is 5.32 Å². The molecule has 1 N–H and O–H groups in total. The van der Waals surface area contributed by atoms with Crippen LogP contribution in [0.1, 0.15) is 46.1 Å². The van der Waals surface area contributed by atoms with Gasteiger partial charge in [0.2, 0.25) is 5.91 Å². The van der Waals surface area contributed by atoms with Crippen molar-refractivity contribution in [2.24, 2.45) is 0 Å². The monoisotopic (exact) mass is 301 g/mol. The van der Waals surface area contributed by atoms with Crippen LogP contribution in [0.4, 0.5) is 0 Å². The molecule has 1 amide bonds. The van der Waals surface area contributed by atoms with Crippen LogP contribution < -0.4 is 10.8 Å². The fourth-order valence-electron chi connectivity index (χ4n) is 2.52. The predicted octanol–water partition coefficient (Wildman–Crippen LogP) is 1.81. The van der Waals surface area contributed by atoms with Crippen molar-refractivity contribution in [2.75, 3.05) is 0 Å². The van der Waals surface area contributed by atoms with Gasteiger partial charge in [-0.2, -0.15) is 0 Å². The summed E-state index contributed by atoms with van der Waals surface area (Å²) in [4.78, 5) is 11.9. The molecule has 118 valence electrons. The number of carbonyl (C=O) groups is 1. The Morgan fingerprint density at radius 2 is 1.86 bits per heavy atom. The fourth-order valence-corrected chi connectivity index (χ4v) is 2.52. The molecule has 2 fully saturated rings. The minimum Gasteiger partial charge on any atom is -0.399 e. The Labute approximate surface area is 132 Å². The molecule has 1 saturated carbocycles. The summed E-state index contributed by atoms with van der Waals surface area (Å²) < 4.78 is 12.1. The molecular weight excluding hydrogens is 277 g/mol. The zero-order valence-electron chi connectivity index (χ0n) is 13.8. The smallest absolute Gasteiger partial charge is 0.399 e. The third-order valence-electron chi connectivity index (χ3n) is 4.78. The summed E-state index contributed by atoms with van der Waals surface area (Å²) in [6.45, 7) is 8.17. The molecule has 4 nitrogen and oxygen atoms in total. The van der Waals surface area contributed by atoms with E-state index in [1.807, 2.05) is 52.0 Å². The van der Waals surface area contributed by atoms with Crippen molar-refractivity contribution in [1.29, 1.82) is 0 Å². The number of nitrogens with one attached hydrogen (secondary N) is 1. The van der Waals surface area contributed by atoms with E-state index in [1.165, 1.54) is 0 Å². The van der Waals surface area contributed by atoms with E-state index in [9.17, 15) is 4.79 Å². The molecule has 1 aliphatic carbocycles. The Morgan fingerprint density at radius 1 is 1.23 bits per heavy atom. The highest BCUT2D eigenvalue weighted by Crippen LogP contribution is 2.36. The van der Waals surface area contributed by atoms with Crippen LogP contribution in [-0.4, -0.2) is 30.3 Å². The van der Waals surface area contributed by atoms with Crippen LogP contribution in [-0.2, 0) is 20.5 Å². The Hall–Kier alpha value is -1.33. The molecule has 0 bridgehead atoms. The van der Waals surface area contributed by atoms with Crippen molar-refractivity contribution in [3.05, 3.63) is 29.8 Å². The maximum Gasteiger partial charge on any atom is 0.494 e. The molecule has 2 aliphatic rings. The van der Waals surface area contributed by atoms with Gasteiger partial charge >= 0.3 is 7.12 Å². The number of rotatable bonds is 4. The summed E-state index contributed by atoms with van der Waals surface area (Å²) in [7, 11) is -0.378. The van der Waals surface area contributed by atoms with E-state index < -0.39 is 0 Å². The van der Waals surface area contributed by atoms with Gasteiger partial charge in [0.1, 0.15) is 0 Å². The lowest BCUT2D eigenvalue weighted by atomic mass is 9.78. The lowest BCUT2D eigenvalue weighted by Crippen LogP contribution is -2.41. The first kappa shape index (κ1) is 15.6. The average molecular weight is 301 g/mol. The predicted molar refractivity (Wildman–Crippen MR) is 87.0 cm³/mol. The molecule has 0 aromatic heterocycles. The van der Waals surface area contributed by atoms with E-state index in [-0.39, 0.29) is 24.2 Å². The van der Waals surface area contributed by atoms with E-state index in [0.29, 0.717) is 12.5 Å². The van der Waals surface area contributed by atoms with Gasteiger partial charge in [-0.15, -0.1) is 0 Å². The van der Waals surface area contributed by atoms with E-state index in [1.54, 1.807) is 0 Å². The maximum atomic E-state index is 11.9. The molecule has 5 heteroatoms. The van der Waals surface area contributed by atoms with Crippen LogP contribution in [0.15, 0.2) is 24.3 Å². The van der Waals surface area contributed by atoms with E-state index in [4.69, 9.17) is 9.31 Å². The summed E-state index contributed by atoms with van der Waals surface area (Å²) in [5.74, 6) is 0.0913. The fraction of sp³-hybridized carbons (Fsp3) is 0.588. The number of carbonyl (C=O) groups excluding carboxylic acids is 1. The van der Waals surface area contributed by atoms with Crippen molar-refractivity contribution >= 4 is 18.5 Å². The third-order valence-corrected chi connectivity index (χ3v) is 4.78. The van der Waals surface area contributed by atoms with Gasteiger partial charge < -0.3 is 14.6 Å². The molecule has 1 saturated heterocycles. The lowest BCUT2D eigenvalue weighted by molar-refractivity contribution is -0.120. The third kappa shape index (κ3) is 3.20. The van der Waals surface area contributed by atoms with Crippen molar-refractivity contribution < 1.29 is 14.1 Å². The zero-order valence-corrected chi connectivity index (χ0v) is 13.8. The first-order valence-corrected chi connectivity index (χ1v) is 8.01. The molecule has 3 rings (SSSR count). The molecule has 1 aromatic rings. The number of hydrogen-bond acceptors (Lipinski definition) is 3. The second kappa shape index (κ2) is 5.39. The second-order valence-corrected chi connectivity index (χ2v) is 7.35. The summed E-state index contributed by atoms with van der Waals surface area (Å²) in [5, 5.41) is 3.02. The molecule has 0 unspecified atom stereocenters. The summed E-state index contributed by atoms with van der Waals surface area (Å²) in [6, 6.07) is 8.33. The first-order chi connectivity index (χ1) is 10.3. The Kier molecular flexibility index (Phi) is 3.81. The largest absolute Gasteiger partial charge is 0.494 e. The van der Waals surface area contributed by atoms with Gasteiger partial charge in [-0.05, 0) is 51.6 Å². The summed E-state index contributed by atoms with van der Waals surface area (Å²) in [5.41, 5.74) is 1.26. The quantitative estimate of drug-likeness (QED) is 0.863. The zero-order chi connectivity index (χ0) is 16.0. The molecule has 0 spiro atoms. The van der Waals surface area contributed by atoms with E-state index in [0.717, 1.165) is 23.9 Å². The van der Waals surface area contributed by atoms with Crippen LogP contribution in [0, 0.1) is 0 Å². The first-order valence-electron chi connectivity index (χ1n) is 8.01. The molecule has 1 aromatic carbocycles. The standard InChI is InChI=1S/C17H24BNO3/c1-16(2)17(3,4)22-18(21-16)13-7-5-6-12(10-13)11-15(20)19-14-8-9-14/h5-7,10,14H,8-9,11H2,1-4H3,(H,19,20). The van der Waals surface area contributed by atoms with E-state index in [2.05, 4.69) is 5.32 Å². The SMILES string of the molecule is CC1(C)OB(c2cccc(CC(=O)NC3CC3)c2)OC1(C)C. The summed E-state index contributed by atoms with van der Waals surface area (Å²) >= 11 is 0. The normalized spacial score (nSPS) is 22.6. The van der Waals surface area contributed by atoms with Crippen LogP contribution in [0.5, 0.6) is 0 Å². The van der Waals surface area contributed by atoms with Crippen molar-refractivity contribution in [3.63, 3.8) is 0 Å². The minimum absolute atomic E-state index is 0.0913. The van der Waals surface area contributed by atoms with Crippen LogP contribution >= 0.6 is 0 Å². The van der Waals surface area contributed by atoms with Gasteiger partial charge in [-0.1, -0.05) is 24.3 Å². The average Bonchev–Trinajstić information content (AvgIpc) is 3.17. The number of benzene rings is 1. The molecule has 22 heavy (non-hydrogen) atoms. The van der Waals surface area contributed by atoms with Crippen LogP contribution in [0.25, 0.3) is 0 Å². The topological polar surface area (TPSA) is 47.6 Å². The molecule has 0 atom stereocenters. The molecule has 1 heterocycles. The summed E-state index contributed by atoms with van der Waals surface area (Å²) in [6.07, 6.45) is 2.63. The Balaban J connectivity index is 1.70. The van der Waals surface area contributed by atoms with Gasteiger partial charge in [0.05, 0.1) is 17.6 Å². The van der Waals surface area contributed by atoms with Crippen molar-refractivity contribution in [2.45, 2.75) is 64.2 Å². The number of amides is 1. The minimum atomic E-state index is -0.378. The molecule has 1 aliphatic heterocycles. The Bertz CT molecular complexity index is 565. The van der Waals surface area contributed by atoms with Gasteiger partial charge in [0, 0.05) is 6.04 Å². The van der Waals surface area contributed by atoms with Crippen LogP contribution in [0.2, 0.25) is 0 Å². The van der Waals surface area contributed by atoms with Gasteiger partial charge in [0.25, 0.3) is 0 Å². The van der Waals surface area contributed by atoms with E-state index >= 15 is 0 Å². The maximum absolute atomic E-state index is 11.9. The second-order valence-electron chi connectivity index (χ2n) is 7.35. The highest BCUT2D eigenvalue weighted by molar-refractivity contribution is 6.62. The molecule has 0 radical (unpaired) electrons. The lowest BCUT2D eigenvalue weighted by Gasteiger charge is -2.32.